The summed E-state index contributed by atoms with van der Waals surface area (Å²) < 4.78 is 10.9. The lowest BCUT2D eigenvalue weighted by Crippen LogP contribution is -2.54. The summed E-state index contributed by atoms with van der Waals surface area (Å²) in [5.74, 6) is -1.72. The highest BCUT2D eigenvalue weighted by atomic mass is 16.5. The molecule has 1 saturated heterocycles. The molecule has 8 heteroatoms. The number of nitrogens with zero attached hydrogens (tertiary/aromatic N) is 1. The Hall–Kier alpha value is -2.74. The second kappa shape index (κ2) is 5.91. The zero-order valence-corrected chi connectivity index (χ0v) is 14.5. The number of carbonyl (C=O) groups excluding carboxylic acids is 4. The normalized spacial score (nSPS) is 24.6. The Morgan fingerprint density at radius 2 is 1.88 bits per heavy atom. The molecule has 1 unspecified atom stereocenters. The zero-order valence-electron chi connectivity index (χ0n) is 14.5. The second-order valence-electron chi connectivity index (χ2n) is 6.68. The molecule has 1 aromatic carbocycles. The predicted molar refractivity (Wildman–Crippen MR) is 87.9 cm³/mol. The molecule has 8 nitrogen and oxygen atoms in total. The Bertz CT molecular complexity index is 862. The number of ether oxygens (including phenoxy) is 2. The van der Waals surface area contributed by atoms with Gasteiger partial charge in [-0.3, -0.25) is 29.4 Å². The highest BCUT2D eigenvalue weighted by Crippen LogP contribution is 2.41. The number of carbonyl (C=O) groups is 4. The lowest BCUT2D eigenvalue weighted by molar-refractivity contribution is -0.136. The molecule has 3 aliphatic rings. The Morgan fingerprint density at radius 1 is 1.12 bits per heavy atom. The van der Waals surface area contributed by atoms with Gasteiger partial charge in [-0.2, -0.15) is 0 Å². The fraction of sp³-hybridized carbons (Fsp3) is 0.444. The number of fused-ring (bicyclic) bond motifs is 2. The molecular weight excluding hydrogens is 340 g/mol. The van der Waals surface area contributed by atoms with Gasteiger partial charge in [0, 0.05) is 25.5 Å². The van der Waals surface area contributed by atoms with E-state index in [9.17, 15) is 19.2 Å². The largest absolute Gasteiger partial charge is 0.496 e. The molecule has 4 amide bonds. The fourth-order valence-corrected chi connectivity index (χ4v) is 4.03. The van der Waals surface area contributed by atoms with Crippen LogP contribution in [0.1, 0.15) is 44.7 Å². The Balaban J connectivity index is 1.76. The number of piperidine rings is 1. The van der Waals surface area contributed by atoms with Crippen LogP contribution >= 0.6 is 0 Å². The average molecular weight is 358 g/mol. The number of hydrogen-bond acceptors (Lipinski definition) is 6. The summed E-state index contributed by atoms with van der Waals surface area (Å²) in [5.41, 5.74) is 2.22. The lowest BCUT2D eigenvalue weighted by Gasteiger charge is -2.27. The smallest absolute Gasteiger partial charge is 0.266 e. The fourth-order valence-electron chi connectivity index (χ4n) is 4.03. The van der Waals surface area contributed by atoms with E-state index in [-0.39, 0.29) is 30.1 Å². The first-order valence-corrected chi connectivity index (χ1v) is 8.43. The number of amides is 4. The summed E-state index contributed by atoms with van der Waals surface area (Å²) in [6.07, 6.45) is 1.44. The standard InChI is InChI=1S/C18H18N2O6/c1-25-9-5-8-6-11-14(15(26-2)10(8)7-9)18(24)20(17(11)23)12-3-4-13(21)19-16(12)22/h6,9,12H,3-5,7H2,1-2H3,(H,19,21,22)/t9?,12-/m0/s1. The summed E-state index contributed by atoms with van der Waals surface area (Å²) >= 11 is 0. The molecule has 2 atom stereocenters. The van der Waals surface area contributed by atoms with Crippen LogP contribution in [0.25, 0.3) is 0 Å². The quantitative estimate of drug-likeness (QED) is 0.775. The predicted octanol–water partition coefficient (Wildman–Crippen LogP) is 0.210. The minimum Gasteiger partial charge on any atom is -0.496 e. The molecule has 0 bridgehead atoms. The SMILES string of the molecule is COc1c2c(cc3c1C(=O)N([C@H]1CCC(=O)NC1=O)C3=O)CC(OC)C2. The topological polar surface area (TPSA) is 102 Å². The average Bonchev–Trinajstić information content (AvgIpc) is 3.13. The molecule has 1 N–H and O–H groups in total. The minimum atomic E-state index is -0.980. The zero-order chi connectivity index (χ0) is 18.6. The van der Waals surface area contributed by atoms with Crippen molar-refractivity contribution in [2.75, 3.05) is 14.2 Å². The van der Waals surface area contributed by atoms with Crippen molar-refractivity contribution in [1.29, 1.82) is 0 Å². The van der Waals surface area contributed by atoms with Gasteiger partial charge in [-0.15, -0.1) is 0 Å². The summed E-state index contributed by atoms with van der Waals surface area (Å²) in [7, 11) is 3.08. The number of rotatable bonds is 3. The van der Waals surface area contributed by atoms with Gasteiger partial charge in [0.25, 0.3) is 11.8 Å². The van der Waals surface area contributed by atoms with Crippen molar-refractivity contribution in [3.05, 3.63) is 28.3 Å². The van der Waals surface area contributed by atoms with E-state index in [1.807, 2.05) is 0 Å². The number of hydrogen-bond donors (Lipinski definition) is 1. The van der Waals surface area contributed by atoms with Crippen LogP contribution in [-0.2, 0) is 27.2 Å². The van der Waals surface area contributed by atoms with Crippen molar-refractivity contribution in [3.8, 4) is 5.75 Å². The van der Waals surface area contributed by atoms with E-state index in [0.717, 1.165) is 16.0 Å². The first-order valence-electron chi connectivity index (χ1n) is 8.43. The van der Waals surface area contributed by atoms with Crippen LogP contribution in [0.5, 0.6) is 5.75 Å². The number of methoxy groups -OCH3 is 2. The molecule has 1 fully saturated rings. The highest BCUT2D eigenvalue weighted by molar-refractivity contribution is 6.24. The summed E-state index contributed by atoms with van der Waals surface area (Å²) in [6, 6.07) is 0.726. The Kier molecular flexibility index (Phi) is 3.80. The van der Waals surface area contributed by atoms with E-state index in [4.69, 9.17) is 9.47 Å². The van der Waals surface area contributed by atoms with Gasteiger partial charge in [0.2, 0.25) is 11.8 Å². The van der Waals surface area contributed by atoms with Crippen LogP contribution in [-0.4, -0.2) is 54.9 Å². The third kappa shape index (κ3) is 2.25. The van der Waals surface area contributed by atoms with Gasteiger partial charge in [-0.05, 0) is 24.5 Å². The van der Waals surface area contributed by atoms with Crippen LogP contribution < -0.4 is 10.1 Å². The molecule has 1 aromatic rings. The minimum absolute atomic E-state index is 0.0159. The molecule has 2 heterocycles. The van der Waals surface area contributed by atoms with Gasteiger partial charge in [-0.25, -0.2) is 0 Å². The number of imide groups is 2. The van der Waals surface area contributed by atoms with Crippen molar-refractivity contribution in [3.63, 3.8) is 0 Å². The molecule has 1 aliphatic carbocycles. The van der Waals surface area contributed by atoms with E-state index < -0.39 is 29.7 Å². The molecule has 26 heavy (non-hydrogen) atoms. The van der Waals surface area contributed by atoms with Crippen LogP contribution in [0.3, 0.4) is 0 Å². The van der Waals surface area contributed by atoms with E-state index in [1.54, 1.807) is 13.2 Å². The van der Waals surface area contributed by atoms with Crippen LogP contribution in [0.2, 0.25) is 0 Å². The molecule has 0 saturated carbocycles. The van der Waals surface area contributed by atoms with Gasteiger partial charge in [-0.1, -0.05) is 0 Å². The number of nitrogens with one attached hydrogen (secondary N) is 1. The molecule has 0 spiro atoms. The first-order chi connectivity index (χ1) is 12.5. The van der Waals surface area contributed by atoms with Crippen LogP contribution in [0, 0.1) is 0 Å². The van der Waals surface area contributed by atoms with Crippen molar-refractivity contribution in [2.24, 2.45) is 0 Å². The molecule has 136 valence electrons. The van der Waals surface area contributed by atoms with Gasteiger partial charge in [0.1, 0.15) is 11.8 Å². The third-order valence-corrected chi connectivity index (χ3v) is 5.30. The monoisotopic (exact) mass is 358 g/mol. The Morgan fingerprint density at radius 3 is 2.54 bits per heavy atom. The molecule has 4 rings (SSSR count). The van der Waals surface area contributed by atoms with Crippen molar-refractivity contribution < 1.29 is 28.7 Å². The second-order valence-corrected chi connectivity index (χ2v) is 6.68. The maximum Gasteiger partial charge on any atom is 0.266 e. The van der Waals surface area contributed by atoms with Gasteiger partial charge in [0.15, 0.2) is 0 Å². The molecule has 0 aromatic heterocycles. The highest BCUT2D eigenvalue weighted by Gasteiger charge is 2.47. The number of benzene rings is 1. The molecule has 2 aliphatic heterocycles. The van der Waals surface area contributed by atoms with E-state index in [0.29, 0.717) is 18.6 Å². The van der Waals surface area contributed by atoms with Crippen molar-refractivity contribution >= 4 is 23.6 Å². The Labute approximate surface area is 149 Å². The molecule has 0 radical (unpaired) electrons. The third-order valence-electron chi connectivity index (χ3n) is 5.30. The summed E-state index contributed by atoms with van der Waals surface area (Å²) in [4.78, 5) is 50.4. The van der Waals surface area contributed by atoms with Crippen molar-refractivity contribution in [2.45, 2.75) is 37.8 Å². The van der Waals surface area contributed by atoms with Gasteiger partial charge < -0.3 is 9.47 Å². The summed E-state index contributed by atoms with van der Waals surface area (Å²) in [5, 5.41) is 2.19. The van der Waals surface area contributed by atoms with Crippen LogP contribution in [0.4, 0.5) is 0 Å². The van der Waals surface area contributed by atoms with Crippen LogP contribution in [0.15, 0.2) is 6.07 Å². The van der Waals surface area contributed by atoms with Gasteiger partial charge >= 0.3 is 0 Å². The van der Waals surface area contributed by atoms with E-state index >= 15 is 0 Å². The molecular formula is C18H18N2O6. The lowest BCUT2D eigenvalue weighted by atomic mass is 9.99. The van der Waals surface area contributed by atoms with Crippen molar-refractivity contribution in [1.82, 2.24) is 10.2 Å². The maximum atomic E-state index is 13.0. The van der Waals surface area contributed by atoms with Gasteiger partial charge in [0.05, 0.1) is 24.3 Å². The first kappa shape index (κ1) is 16.7. The maximum absolute atomic E-state index is 13.0. The van der Waals surface area contributed by atoms with E-state index in [1.165, 1.54) is 7.11 Å². The van der Waals surface area contributed by atoms with E-state index in [2.05, 4.69) is 5.32 Å². The summed E-state index contributed by atoms with van der Waals surface area (Å²) in [6.45, 7) is 0.